The van der Waals surface area contributed by atoms with Gasteiger partial charge < -0.3 is 20.1 Å². The molecule has 7 nitrogen and oxygen atoms in total. The van der Waals surface area contributed by atoms with E-state index in [1.54, 1.807) is 6.07 Å². The largest absolute Gasteiger partial charge is 0.477 e. The van der Waals surface area contributed by atoms with E-state index in [4.69, 9.17) is 9.84 Å². The molecule has 0 saturated carbocycles. The molecule has 2 rings (SSSR count). The number of nitrogens with one attached hydrogen (secondary N) is 1. The van der Waals surface area contributed by atoms with Gasteiger partial charge in [-0.1, -0.05) is 0 Å². The fourth-order valence-corrected chi connectivity index (χ4v) is 2.23. The van der Waals surface area contributed by atoms with E-state index in [0.717, 1.165) is 0 Å². The Hall–Kier alpha value is -2.15. The molecule has 2 N–H and O–H groups in total. The number of aromatic nitrogens is 1. The zero-order valence-corrected chi connectivity index (χ0v) is 12.1. The molecule has 21 heavy (non-hydrogen) atoms. The lowest BCUT2D eigenvalue weighted by atomic mass is 10.1. The van der Waals surface area contributed by atoms with Crippen molar-refractivity contribution in [1.29, 1.82) is 0 Å². The quantitative estimate of drug-likeness (QED) is 0.840. The highest BCUT2D eigenvalue weighted by Crippen LogP contribution is 2.20. The maximum absolute atomic E-state index is 12.2. The summed E-state index contributed by atoms with van der Waals surface area (Å²) >= 11 is 0. The maximum Gasteiger partial charge on any atom is 0.354 e. The Morgan fingerprint density at radius 3 is 2.95 bits per heavy atom. The van der Waals surface area contributed by atoms with Crippen molar-refractivity contribution >= 4 is 17.6 Å². The van der Waals surface area contributed by atoms with Crippen molar-refractivity contribution < 1.29 is 19.4 Å². The first-order chi connectivity index (χ1) is 9.99. The van der Waals surface area contributed by atoms with Gasteiger partial charge in [-0.25, -0.2) is 9.78 Å². The molecule has 1 aliphatic rings. The van der Waals surface area contributed by atoms with Gasteiger partial charge in [0.15, 0.2) is 0 Å². The van der Waals surface area contributed by atoms with E-state index >= 15 is 0 Å². The molecular formula is C14H19N3O4. The lowest BCUT2D eigenvalue weighted by molar-refractivity contribution is -0.125. The summed E-state index contributed by atoms with van der Waals surface area (Å²) in [6.07, 6.45) is 1.44. The average Bonchev–Trinajstić information content (AvgIpc) is 2.46. The number of carboxylic acids is 1. The molecule has 1 aromatic heterocycles. The number of ether oxygens (including phenoxy) is 1. The summed E-state index contributed by atoms with van der Waals surface area (Å²) in [5.74, 6) is -1.22. The molecule has 2 heterocycles. The Balaban J connectivity index is 2.24. The zero-order chi connectivity index (χ0) is 15.4. The third kappa shape index (κ3) is 3.69. The first-order valence-corrected chi connectivity index (χ1v) is 6.83. The number of aromatic carboxylic acids is 1. The second kappa shape index (κ2) is 6.53. The predicted molar refractivity (Wildman–Crippen MR) is 76.4 cm³/mol. The molecule has 1 amide bonds. The van der Waals surface area contributed by atoms with Crippen molar-refractivity contribution in [2.45, 2.75) is 25.9 Å². The highest BCUT2D eigenvalue weighted by molar-refractivity contribution is 5.88. The SMILES string of the molecule is CC(C)NC(=O)C1COCCN1c1ccnc(C(=O)O)c1. The second-order valence-corrected chi connectivity index (χ2v) is 5.15. The molecule has 1 aromatic rings. The van der Waals surface area contributed by atoms with Crippen molar-refractivity contribution in [2.24, 2.45) is 0 Å². The number of carbonyl (C=O) groups excluding carboxylic acids is 1. The minimum atomic E-state index is -1.09. The van der Waals surface area contributed by atoms with E-state index in [1.165, 1.54) is 12.3 Å². The zero-order valence-electron chi connectivity index (χ0n) is 12.1. The Morgan fingerprint density at radius 1 is 1.52 bits per heavy atom. The first-order valence-electron chi connectivity index (χ1n) is 6.83. The van der Waals surface area contributed by atoms with Gasteiger partial charge in [-0.15, -0.1) is 0 Å². The van der Waals surface area contributed by atoms with Crippen LogP contribution in [-0.2, 0) is 9.53 Å². The molecule has 1 unspecified atom stereocenters. The van der Waals surface area contributed by atoms with Crippen LogP contribution in [0.1, 0.15) is 24.3 Å². The number of carbonyl (C=O) groups is 2. The van der Waals surface area contributed by atoms with Crippen LogP contribution in [0.3, 0.4) is 0 Å². The molecule has 1 saturated heterocycles. The Labute approximate surface area is 122 Å². The molecule has 1 atom stereocenters. The van der Waals surface area contributed by atoms with Crippen LogP contribution in [0.25, 0.3) is 0 Å². The lowest BCUT2D eigenvalue weighted by Gasteiger charge is -2.36. The normalized spacial score (nSPS) is 18.6. The summed E-state index contributed by atoms with van der Waals surface area (Å²) in [5.41, 5.74) is 0.622. The van der Waals surface area contributed by atoms with Gasteiger partial charge in [0.05, 0.1) is 13.2 Å². The average molecular weight is 293 g/mol. The van der Waals surface area contributed by atoms with E-state index in [1.807, 2.05) is 18.7 Å². The molecule has 114 valence electrons. The molecule has 0 radical (unpaired) electrons. The van der Waals surface area contributed by atoms with Gasteiger partial charge in [0.2, 0.25) is 5.91 Å². The minimum absolute atomic E-state index is 0.0355. The number of rotatable bonds is 4. The van der Waals surface area contributed by atoms with E-state index in [0.29, 0.717) is 18.8 Å². The highest BCUT2D eigenvalue weighted by atomic mass is 16.5. The molecule has 7 heteroatoms. The summed E-state index contributed by atoms with van der Waals surface area (Å²) in [4.78, 5) is 28.9. The van der Waals surface area contributed by atoms with Crippen LogP contribution in [0, 0.1) is 0 Å². The van der Waals surface area contributed by atoms with Gasteiger partial charge in [-0.3, -0.25) is 4.79 Å². The number of hydrogen-bond donors (Lipinski definition) is 2. The van der Waals surface area contributed by atoms with Gasteiger partial charge in [0.25, 0.3) is 0 Å². The van der Waals surface area contributed by atoms with Gasteiger partial charge in [0, 0.05) is 24.5 Å². The molecular weight excluding hydrogens is 274 g/mol. The summed E-state index contributed by atoms with van der Waals surface area (Å²) in [6, 6.07) is 2.75. The van der Waals surface area contributed by atoms with Gasteiger partial charge in [0.1, 0.15) is 11.7 Å². The molecule has 0 bridgehead atoms. The third-order valence-corrected chi connectivity index (χ3v) is 3.16. The van der Waals surface area contributed by atoms with Crippen molar-refractivity contribution in [1.82, 2.24) is 10.3 Å². The third-order valence-electron chi connectivity index (χ3n) is 3.16. The number of pyridine rings is 1. The van der Waals surface area contributed by atoms with Crippen molar-refractivity contribution in [2.75, 3.05) is 24.7 Å². The van der Waals surface area contributed by atoms with Crippen molar-refractivity contribution in [3.63, 3.8) is 0 Å². The number of hydrogen-bond acceptors (Lipinski definition) is 5. The van der Waals surface area contributed by atoms with E-state index in [9.17, 15) is 9.59 Å². The monoisotopic (exact) mass is 293 g/mol. The number of anilines is 1. The summed E-state index contributed by atoms with van der Waals surface area (Å²) in [6.45, 7) is 5.08. The van der Waals surface area contributed by atoms with Crippen LogP contribution in [0.4, 0.5) is 5.69 Å². The Kier molecular flexibility index (Phi) is 4.74. The molecule has 0 spiro atoms. The molecule has 1 fully saturated rings. The lowest BCUT2D eigenvalue weighted by Crippen LogP contribution is -2.55. The fraction of sp³-hybridized carbons (Fsp3) is 0.500. The fourth-order valence-electron chi connectivity index (χ4n) is 2.23. The molecule has 0 aromatic carbocycles. The standard InChI is InChI=1S/C14H19N3O4/c1-9(2)16-13(18)12-8-21-6-5-17(12)10-3-4-15-11(7-10)14(19)20/h3-4,7,9,12H,5-6,8H2,1-2H3,(H,16,18)(H,19,20). The van der Waals surface area contributed by atoms with Crippen molar-refractivity contribution in [3.05, 3.63) is 24.0 Å². The predicted octanol–water partition coefficient (Wildman–Crippen LogP) is 0.510. The van der Waals surface area contributed by atoms with E-state index in [2.05, 4.69) is 10.3 Å². The first kappa shape index (κ1) is 15.2. The van der Waals surface area contributed by atoms with Crippen LogP contribution in [0.5, 0.6) is 0 Å². The van der Waals surface area contributed by atoms with Crippen LogP contribution in [0.15, 0.2) is 18.3 Å². The summed E-state index contributed by atoms with van der Waals surface area (Å²) < 4.78 is 5.38. The van der Waals surface area contributed by atoms with E-state index in [-0.39, 0.29) is 24.2 Å². The van der Waals surface area contributed by atoms with Crippen LogP contribution < -0.4 is 10.2 Å². The summed E-state index contributed by atoms with van der Waals surface area (Å²) in [7, 11) is 0. The van der Waals surface area contributed by atoms with Crippen molar-refractivity contribution in [3.8, 4) is 0 Å². The Morgan fingerprint density at radius 2 is 2.29 bits per heavy atom. The van der Waals surface area contributed by atoms with Gasteiger partial charge in [-0.2, -0.15) is 0 Å². The highest BCUT2D eigenvalue weighted by Gasteiger charge is 2.30. The smallest absolute Gasteiger partial charge is 0.354 e. The topological polar surface area (TPSA) is 91.8 Å². The number of carboxylic acid groups (broad SMARTS) is 1. The van der Waals surface area contributed by atoms with E-state index < -0.39 is 12.0 Å². The van der Waals surface area contributed by atoms with Crippen LogP contribution >= 0.6 is 0 Å². The number of morpholine rings is 1. The number of nitrogens with zero attached hydrogens (tertiary/aromatic N) is 2. The number of amides is 1. The van der Waals surface area contributed by atoms with Gasteiger partial charge in [-0.05, 0) is 26.0 Å². The van der Waals surface area contributed by atoms with Gasteiger partial charge >= 0.3 is 5.97 Å². The van der Waals surface area contributed by atoms with Crippen LogP contribution in [0.2, 0.25) is 0 Å². The minimum Gasteiger partial charge on any atom is -0.477 e. The summed E-state index contributed by atoms with van der Waals surface area (Å²) in [5, 5.41) is 11.9. The second-order valence-electron chi connectivity index (χ2n) is 5.15. The maximum atomic E-state index is 12.2. The molecule has 0 aliphatic carbocycles. The molecule has 1 aliphatic heterocycles. The Bertz CT molecular complexity index is 533. The van der Waals surface area contributed by atoms with Crippen LogP contribution in [-0.4, -0.2) is 53.8 Å².